The summed E-state index contributed by atoms with van der Waals surface area (Å²) >= 11 is 0. The Morgan fingerprint density at radius 1 is 0.429 bits per heavy atom. The normalized spacial score (nSPS) is 7.29. The van der Waals surface area contributed by atoms with Crippen molar-refractivity contribution in [1.29, 1.82) is 0 Å². The second-order valence-corrected chi connectivity index (χ2v) is 2.70. The van der Waals surface area contributed by atoms with Gasteiger partial charge in [-0.25, -0.2) is 0 Å². The first kappa shape index (κ1) is 29.4. The Kier molecular flexibility index (Phi) is 61.4. The first-order valence-electron chi connectivity index (χ1n) is 4.32. The number of rotatable bonds is 7. The fourth-order valence-electron chi connectivity index (χ4n) is 0.996. The van der Waals surface area contributed by atoms with Gasteiger partial charge >= 0.3 is 0 Å². The molecule has 4 N–H and O–H groups in total. The molecular formula is C8H24Cl4N2. The van der Waals surface area contributed by atoms with Crippen LogP contribution in [-0.2, 0) is 0 Å². The van der Waals surface area contributed by atoms with E-state index >= 15 is 0 Å². The van der Waals surface area contributed by atoms with E-state index in [4.69, 9.17) is 11.5 Å². The zero-order chi connectivity index (χ0) is 7.66. The molecule has 0 aromatic rings. The molecule has 0 saturated carbocycles. The van der Waals surface area contributed by atoms with Crippen LogP contribution in [0.3, 0.4) is 0 Å². The average molecular weight is 290 g/mol. The number of nitrogens with two attached hydrogens (primary N) is 2. The zero-order valence-electron chi connectivity index (χ0n) is 8.44. The van der Waals surface area contributed by atoms with Gasteiger partial charge in [0.1, 0.15) is 0 Å². The molecule has 6 heteroatoms. The molecule has 0 spiro atoms. The van der Waals surface area contributed by atoms with Gasteiger partial charge in [0.2, 0.25) is 0 Å². The molecule has 0 atom stereocenters. The molecule has 0 fully saturated rings. The van der Waals surface area contributed by atoms with Gasteiger partial charge in [-0.3, -0.25) is 0 Å². The molecule has 94 valence electrons. The van der Waals surface area contributed by atoms with Crippen molar-refractivity contribution in [2.45, 2.75) is 38.5 Å². The van der Waals surface area contributed by atoms with E-state index in [2.05, 4.69) is 0 Å². The highest BCUT2D eigenvalue weighted by molar-refractivity contribution is 5.86. The Labute approximate surface area is 113 Å². The number of unbranched alkanes of at least 4 members (excludes halogenated alkanes) is 5. The summed E-state index contributed by atoms with van der Waals surface area (Å²) in [5.41, 5.74) is 10.7. The number of hydrogen-bond acceptors (Lipinski definition) is 2. The third-order valence-corrected chi connectivity index (χ3v) is 1.66. The van der Waals surface area contributed by atoms with Crippen molar-refractivity contribution < 1.29 is 0 Å². The Morgan fingerprint density at radius 3 is 0.857 bits per heavy atom. The lowest BCUT2D eigenvalue weighted by atomic mass is 10.1. The molecule has 0 radical (unpaired) electrons. The molecular weight excluding hydrogens is 266 g/mol. The number of hydrogen-bond donors (Lipinski definition) is 2. The highest BCUT2D eigenvalue weighted by Crippen LogP contribution is 2.03. The summed E-state index contributed by atoms with van der Waals surface area (Å²) in [6, 6.07) is 0. The summed E-state index contributed by atoms with van der Waals surface area (Å²) in [7, 11) is 0. The highest BCUT2D eigenvalue weighted by atomic mass is 35.5. The fourth-order valence-corrected chi connectivity index (χ4v) is 0.996. The van der Waals surface area contributed by atoms with Crippen molar-refractivity contribution in [3.05, 3.63) is 0 Å². The SMILES string of the molecule is Cl.Cl.Cl.Cl.NCCCCCCCCN. The smallest absolute Gasteiger partial charge is 0.00773 e. The summed E-state index contributed by atoms with van der Waals surface area (Å²) < 4.78 is 0. The van der Waals surface area contributed by atoms with E-state index in [-0.39, 0.29) is 49.6 Å². The summed E-state index contributed by atoms with van der Waals surface area (Å²) in [6.07, 6.45) is 7.61. The standard InChI is InChI=1S/C8H20N2.4ClH/c9-7-5-3-1-2-4-6-8-10;;;;/h1-10H2;4*1H. The van der Waals surface area contributed by atoms with Gasteiger partial charge in [-0.1, -0.05) is 25.7 Å². The Bertz CT molecular complexity index is 59.3. The van der Waals surface area contributed by atoms with Crippen molar-refractivity contribution in [2.75, 3.05) is 13.1 Å². The first-order chi connectivity index (χ1) is 4.91. The third kappa shape index (κ3) is 29.2. The maximum absolute atomic E-state index is 5.35. The van der Waals surface area contributed by atoms with Gasteiger partial charge in [0.15, 0.2) is 0 Å². The molecule has 0 rings (SSSR count). The van der Waals surface area contributed by atoms with Crippen LogP contribution in [0.25, 0.3) is 0 Å². The minimum atomic E-state index is 0. The quantitative estimate of drug-likeness (QED) is 0.708. The molecule has 0 heterocycles. The molecule has 2 nitrogen and oxygen atoms in total. The molecule has 0 aromatic carbocycles. The van der Waals surface area contributed by atoms with E-state index < -0.39 is 0 Å². The summed E-state index contributed by atoms with van der Waals surface area (Å²) in [6.45, 7) is 1.69. The zero-order valence-corrected chi connectivity index (χ0v) is 11.7. The van der Waals surface area contributed by atoms with E-state index in [0.29, 0.717) is 0 Å². The van der Waals surface area contributed by atoms with E-state index in [1.54, 1.807) is 0 Å². The predicted molar refractivity (Wildman–Crippen MR) is 74.8 cm³/mol. The van der Waals surface area contributed by atoms with Crippen LogP contribution in [0.1, 0.15) is 38.5 Å². The lowest BCUT2D eigenvalue weighted by Crippen LogP contribution is -1.99. The lowest BCUT2D eigenvalue weighted by molar-refractivity contribution is 0.601. The molecule has 14 heavy (non-hydrogen) atoms. The van der Waals surface area contributed by atoms with Crippen molar-refractivity contribution >= 4 is 49.6 Å². The molecule has 0 aliphatic carbocycles. The van der Waals surface area contributed by atoms with Gasteiger partial charge < -0.3 is 11.5 Å². The minimum Gasteiger partial charge on any atom is -0.330 e. The topological polar surface area (TPSA) is 52.0 Å². The summed E-state index contributed by atoms with van der Waals surface area (Å²) in [5.74, 6) is 0. The molecule has 0 amide bonds. The van der Waals surface area contributed by atoms with Gasteiger partial charge in [-0.2, -0.15) is 0 Å². The van der Waals surface area contributed by atoms with Crippen LogP contribution in [0.2, 0.25) is 0 Å². The molecule has 0 unspecified atom stereocenters. The van der Waals surface area contributed by atoms with Gasteiger partial charge in [0.05, 0.1) is 0 Å². The molecule has 0 saturated heterocycles. The Morgan fingerprint density at radius 2 is 0.643 bits per heavy atom. The highest BCUT2D eigenvalue weighted by Gasteiger charge is 1.87. The van der Waals surface area contributed by atoms with Crippen molar-refractivity contribution in [3.63, 3.8) is 0 Å². The number of halogens is 4. The summed E-state index contributed by atoms with van der Waals surface area (Å²) in [5, 5.41) is 0. The molecule has 0 aliphatic heterocycles. The minimum absolute atomic E-state index is 0. The third-order valence-electron chi connectivity index (χ3n) is 1.66. The molecule has 0 bridgehead atoms. The second-order valence-electron chi connectivity index (χ2n) is 2.70. The second kappa shape index (κ2) is 29.2. The lowest BCUT2D eigenvalue weighted by Gasteiger charge is -1.97. The van der Waals surface area contributed by atoms with Crippen LogP contribution in [0.15, 0.2) is 0 Å². The Hall–Kier alpha value is 1.08. The van der Waals surface area contributed by atoms with E-state index in [9.17, 15) is 0 Å². The fraction of sp³-hybridized carbons (Fsp3) is 1.00. The van der Waals surface area contributed by atoms with Crippen LogP contribution in [0.4, 0.5) is 0 Å². The average Bonchev–Trinajstić information content (AvgIpc) is 1.97. The van der Waals surface area contributed by atoms with Crippen LogP contribution in [0, 0.1) is 0 Å². The monoisotopic (exact) mass is 288 g/mol. The largest absolute Gasteiger partial charge is 0.330 e. The predicted octanol–water partition coefficient (Wildman–Crippen LogP) is 2.93. The van der Waals surface area contributed by atoms with E-state index in [0.717, 1.165) is 13.1 Å². The Balaban J connectivity index is -0.0000000675. The van der Waals surface area contributed by atoms with Gasteiger partial charge in [-0.05, 0) is 25.9 Å². The van der Waals surface area contributed by atoms with Crippen LogP contribution in [-0.4, -0.2) is 13.1 Å². The van der Waals surface area contributed by atoms with Crippen LogP contribution < -0.4 is 11.5 Å². The van der Waals surface area contributed by atoms with Crippen molar-refractivity contribution in [2.24, 2.45) is 11.5 Å². The van der Waals surface area contributed by atoms with E-state index in [1.807, 2.05) is 0 Å². The van der Waals surface area contributed by atoms with E-state index in [1.165, 1.54) is 38.5 Å². The maximum atomic E-state index is 5.35. The van der Waals surface area contributed by atoms with Gasteiger partial charge in [0, 0.05) is 0 Å². The molecule has 0 aromatic heterocycles. The van der Waals surface area contributed by atoms with Gasteiger partial charge in [-0.15, -0.1) is 49.6 Å². The van der Waals surface area contributed by atoms with Crippen LogP contribution in [0.5, 0.6) is 0 Å². The van der Waals surface area contributed by atoms with Crippen molar-refractivity contribution in [3.8, 4) is 0 Å². The maximum Gasteiger partial charge on any atom is -0.00773 e. The van der Waals surface area contributed by atoms with Gasteiger partial charge in [0.25, 0.3) is 0 Å². The summed E-state index contributed by atoms with van der Waals surface area (Å²) in [4.78, 5) is 0. The van der Waals surface area contributed by atoms with Crippen LogP contribution >= 0.6 is 49.6 Å². The van der Waals surface area contributed by atoms with Crippen molar-refractivity contribution in [1.82, 2.24) is 0 Å². The molecule has 0 aliphatic rings. The first-order valence-corrected chi connectivity index (χ1v) is 4.32.